The highest BCUT2D eigenvalue weighted by Crippen LogP contribution is 2.14. The molecule has 2 N–H and O–H groups in total. The van der Waals surface area contributed by atoms with Gasteiger partial charge >= 0.3 is 23.9 Å². The van der Waals surface area contributed by atoms with Crippen LogP contribution in [0.25, 0.3) is 0 Å². The van der Waals surface area contributed by atoms with Crippen LogP contribution >= 0.6 is 0 Å². The molecule has 0 saturated carbocycles. The molecule has 104 valence electrons. The molecule has 1 saturated heterocycles. The first-order chi connectivity index (χ1) is 8.79. The maximum atomic E-state index is 11.8. The second-order valence-corrected chi connectivity index (χ2v) is 4.07. The minimum Gasteiger partial charge on any atom is -0.341 e. The van der Waals surface area contributed by atoms with Crippen molar-refractivity contribution in [2.45, 2.75) is 19.9 Å². The summed E-state index contributed by atoms with van der Waals surface area (Å²) >= 11 is 0. The Balaban J connectivity index is 2.77. The van der Waals surface area contributed by atoms with Gasteiger partial charge in [0.15, 0.2) is 0 Å². The van der Waals surface area contributed by atoms with Crippen LogP contribution in [0.5, 0.6) is 0 Å². The fourth-order valence-corrected chi connectivity index (χ4v) is 1.49. The number of carbonyl (C=O) groups is 5. The smallest absolute Gasteiger partial charge is 0.334 e. The van der Waals surface area contributed by atoms with Crippen LogP contribution in [-0.4, -0.2) is 59.2 Å². The summed E-state index contributed by atoms with van der Waals surface area (Å²) in [5, 5.41) is 4.03. The number of nitrogens with zero attached hydrogens (tertiary/aromatic N) is 2. The minimum atomic E-state index is -1.08. The Morgan fingerprint density at radius 2 is 1.74 bits per heavy atom. The summed E-state index contributed by atoms with van der Waals surface area (Å²) in [6.07, 6.45) is 0. The van der Waals surface area contributed by atoms with Gasteiger partial charge in [0, 0.05) is 13.1 Å². The van der Waals surface area contributed by atoms with Crippen LogP contribution in [0.1, 0.15) is 13.8 Å². The van der Waals surface area contributed by atoms with E-state index in [1.54, 1.807) is 13.8 Å². The highest BCUT2D eigenvalue weighted by atomic mass is 16.2. The van der Waals surface area contributed by atoms with E-state index in [0.717, 1.165) is 4.90 Å². The molecule has 0 aromatic carbocycles. The van der Waals surface area contributed by atoms with Crippen molar-refractivity contribution in [3.8, 4) is 0 Å². The molecule has 9 heteroatoms. The van der Waals surface area contributed by atoms with E-state index >= 15 is 0 Å². The van der Waals surface area contributed by atoms with E-state index in [2.05, 4.69) is 5.32 Å². The number of carbonyl (C=O) groups excluding carboxylic acids is 5. The molecule has 0 unspecified atom stereocenters. The van der Waals surface area contributed by atoms with E-state index in [0.29, 0.717) is 4.90 Å². The molecule has 0 spiro atoms. The Labute approximate surface area is 108 Å². The van der Waals surface area contributed by atoms with Gasteiger partial charge in [-0.05, 0) is 13.8 Å². The Morgan fingerprint density at radius 3 is 2.16 bits per heavy atom. The quantitative estimate of drug-likeness (QED) is 0.485. The minimum absolute atomic E-state index is 0.490. The van der Waals surface area contributed by atoms with E-state index in [9.17, 15) is 24.0 Å². The SMILES string of the molecule is CNC(=O)NC(=O)CN1C(=O)C(=O)N(C(C)C)C1=O. The molecular weight excluding hydrogens is 256 g/mol. The molecule has 1 aliphatic rings. The molecule has 1 heterocycles. The Morgan fingerprint density at radius 1 is 1.16 bits per heavy atom. The topological polar surface area (TPSA) is 116 Å². The Hall–Kier alpha value is -2.45. The average Bonchev–Trinajstić information content (AvgIpc) is 2.53. The lowest BCUT2D eigenvalue weighted by Gasteiger charge is -2.17. The van der Waals surface area contributed by atoms with E-state index in [-0.39, 0.29) is 0 Å². The first-order valence-electron chi connectivity index (χ1n) is 5.50. The number of hydrogen-bond donors (Lipinski definition) is 2. The fourth-order valence-electron chi connectivity index (χ4n) is 1.49. The van der Waals surface area contributed by atoms with Crippen molar-refractivity contribution in [1.82, 2.24) is 20.4 Å². The van der Waals surface area contributed by atoms with E-state index in [1.165, 1.54) is 7.05 Å². The van der Waals surface area contributed by atoms with Crippen LogP contribution in [-0.2, 0) is 14.4 Å². The number of hydrogen-bond acceptors (Lipinski definition) is 5. The molecule has 7 amide bonds. The molecule has 1 fully saturated rings. The zero-order valence-electron chi connectivity index (χ0n) is 10.7. The van der Waals surface area contributed by atoms with Crippen LogP contribution in [0.3, 0.4) is 0 Å². The molecule has 0 bridgehead atoms. The molecule has 9 nitrogen and oxygen atoms in total. The molecule has 0 atom stereocenters. The molecular formula is C10H14N4O5. The summed E-state index contributed by atoms with van der Waals surface area (Å²) in [5.41, 5.74) is 0. The number of nitrogens with one attached hydrogen (secondary N) is 2. The van der Waals surface area contributed by atoms with Crippen LogP contribution in [0, 0.1) is 0 Å². The van der Waals surface area contributed by atoms with Gasteiger partial charge < -0.3 is 5.32 Å². The van der Waals surface area contributed by atoms with Crippen LogP contribution in [0.2, 0.25) is 0 Å². The van der Waals surface area contributed by atoms with Crippen LogP contribution < -0.4 is 10.6 Å². The van der Waals surface area contributed by atoms with Crippen molar-refractivity contribution in [2.75, 3.05) is 13.6 Å². The van der Waals surface area contributed by atoms with Gasteiger partial charge in [0.25, 0.3) is 0 Å². The van der Waals surface area contributed by atoms with Gasteiger partial charge in [-0.15, -0.1) is 0 Å². The maximum Gasteiger partial charge on any atom is 0.334 e. The monoisotopic (exact) mass is 270 g/mol. The third-order valence-corrected chi connectivity index (χ3v) is 2.38. The van der Waals surface area contributed by atoms with Crippen molar-refractivity contribution in [3.05, 3.63) is 0 Å². The zero-order valence-corrected chi connectivity index (χ0v) is 10.7. The lowest BCUT2D eigenvalue weighted by molar-refractivity contribution is -0.144. The van der Waals surface area contributed by atoms with Crippen molar-refractivity contribution in [2.24, 2.45) is 0 Å². The third kappa shape index (κ3) is 2.87. The number of urea groups is 2. The second-order valence-electron chi connectivity index (χ2n) is 4.07. The zero-order chi connectivity index (χ0) is 14.7. The van der Waals surface area contributed by atoms with Gasteiger partial charge in [0.2, 0.25) is 5.91 Å². The number of imide groups is 3. The van der Waals surface area contributed by atoms with Crippen molar-refractivity contribution >= 4 is 29.8 Å². The van der Waals surface area contributed by atoms with Crippen LogP contribution in [0.15, 0.2) is 0 Å². The summed E-state index contributed by atoms with van der Waals surface area (Å²) in [4.78, 5) is 58.4. The molecule has 1 rings (SSSR count). The van der Waals surface area contributed by atoms with Gasteiger partial charge in [-0.3, -0.25) is 24.6 Å². The lowest BCUT2D eigenvalue weighted by Crippen LogP contribution is -2.46. The van der Waals surface area contributed by atoms with Gasteiger partial charge in [0.1, 0.15) is 6.54 Å². The van der Waals surface area contributed by atoms with E-state index in [1.807, 2.05) is 5.32 Å². The average molecular weight is 270 g/mol. The maximum absolute atomic E-state index is 11.8. The summed E-state index contributed by atoms with van der Waals surface area (Å²) in [5.74, 6) is -2.92. The first-order valence-corrected chi connectivity index (χ1v) is 5.50. The highest BCUT2D eigenvalue weighted by molar-refractivity contribution is 6.45. The molecule has 0 aromatic heterocycles. The normalized spacial score (nSPS) is 15.3. The van der Waals surface area contributed by atoms with Crippen LogP contribution in [0.4, 0.5) is 9.59 Å². The largest absolute Gasteiger partial charge is 0.341 e. The fraction of sp³-hybridized carbons (Fsp3) is 0.500. The number of amides is 7. The first kappa shape index (κ1) is 14.6. The Kier molecular flexibility index (Phi) is 4.20. The second kappa shape index (κ2) is 5.46. The predicted molar refractivity (Wildman–Crippen MR) is 61.7 cm³/mol. The van der Waals surface area contributed by atoms with E-state index < -0.39 is 42.4 Å². The summed E-state index contributed by atoms with van der Waals surface area (Å²) < 4.78 is 0. The van der Waals surface area contributed by atoms with Gasteiger partial charge in [0.05, 0.1) is 0 Å². The lowest BCUT2D eigenvalue weighted by atomic mass is 10.3. The molecule has 0 aliphatic carbocycles. The van der Waals surface area contributed by atoms with Crippen molar-refractivity contribution < 1.29 is 24.0 Å². The van der Waals surface area contributed by atoms with Gasteiger partial charge in [-0.25, -0.2) is 14.5 Å². The summed E-state index contributed by atoms with van der Waals surface area (Å²) in [6, 6.07) is -2.12. The molecule has 0 radical (unpaired) electrons. The standard InChI is InChI=1S/C10H14N4O5/c1-5(2)14-8(17)7(16)13(10(14)19)4-6(15)12-9(18)11-3/h5H,4H2,1-3H3,(H2,11,12,15,18). The number of rotatable bonds is 3. The van der Waals surface area contributed by atoms with Crippen molar-refractivity contribution in [1.29, 1.82) is 0 Å². The molecule has 19 heavy (non-hydrogen) atoms. The van der Waals surface area contributed by atoms with Crippen molar-refractivity contribution in [3.63, 3.8) is 0 Å². The van der Waals surface area contributed by atoms with Gasteiger partial charge in [-0.1, -0.05) is 0 Å². The molecule has 0 aromatic rings. The molecule has 1 aliphatic heterocycles. The summed E-state index contributed by atoms with van der Waals surface area (Å²) in [6.45, 7) is 2.45. The predicted octanol–water partition coefficient (Wildman–Crippen LogP) is -1.36. The Bertz CT molecular complexity index is 459. The summed E-state index contributed by atoms with van der Waals surface area (Å²) in [7, 11) is 1.30. The van der Waals surface area contributed by atoms with E-state index in [4.69, 9.17) is 0 Å². The third-order valence-electron chi connectivity index (χ3n) is 2.38. The highest BCUT2D eigenvalue weighted by Gasteiger charge is 2.46. The van der Waals surface area contributed by atoms with Gasteiger partial charge in [-0.2, -0.15) is 0 Å².